The van der Waals surface area contributed by atoms with Crippen molar-refractivity contribution in [3.8, 4) is 23.0 Å². The molecule has 11 atom stereocenters. The highest BCUT2D eigenvalue weighted by Crippen LogP contribution is 2.54. The van der Waals surface area contributed by atoms with Gasteiger partial charge in [-0.05, 0) is 46.6 Å². The van der Waals surface area contributed by atoms with Crippen LogP contribution in [0.25, 0.3) is 10.8 Å². The minimum atomic E-state index is -2.02. The van der Waals surface area contributed by atoms with E-state index in [2.05, 4.69) is 5.32 Å². The van der Waals surface area contributed by atoms with Gasteiger partial charge in [0.1, 0.15) is 23.4 Å². The number of nitrogens with one attached hydrogen (secondary N) is 1. The van der Waals surface area contributed by atoms with Crippen molar-refractivity contribution in [1.29, 1.82) is 0 Å². The van der Waals surface area contributed by atoms with Gasteiger partial charge in [-0.15, -0.1) is 0 Å². The number of ketones is 1. The Morgan fingerprint density at radius 1 is 0.933 bits per heavy atom. The molecule has 4 aliphatic rings. The Morgan fingerprint density at radius 2 is 1.58 bits per heavy atom. The average Bonchev–Trinajstić information content (AvgIpc) is 3.68. The fourth-order valence-corrected chi connectivity index (χ4v) is 8.65. The number of phenols is 2. The molecule has 2 aromatic rings. The van der Waals surface area contributed by atoms with Crippen molar-refractivity contribution in [2.45, 2.75) is 124 Å². The molecule has 2 aromatic carbocycles. The van der Waals surface area contributed by atoms with E-state index >= 15 is 0 Å². The number of rotatable bonds is 5. The summed E-state index contributed by atoms with van der Waals surface area (Å²) in [4.78, 5) is 55.8. The topological polar surface area (TPSA) is 211 Å². The van der Waals surface area contributed by atoms with Crippen LogP contribution in [0.1, 0.15) is 91.1 Å². The molecule has 11 unspecified atom stereocenters. The Labute approximate surface area is 351 Å². The number of carbonyl (C=O) groups is 4. The Balaban J connectivity index is 1.67. The molecule has 0 aromatic heterocycles. The largest absolute Gasteiger partial charge is 0.507 e. The first-order valence-electron chi connectivity index (χ1n) is 20.4. The first-order chi connectivity index (χ1) is 28.1. The fourth-order valence-electron chi connectivity index (χ4n) is 8.65. The average molecular weight is 837 g/mol. The van der Waals surface area contributed by atoms with Crippen LogP contribution in [0.3, 0.4) is 0 Å². The van der Waals surface area contributed by atoms with Crippen molar-refractivity contribution in [1.82, 2.24) is 4.90 Å². The fraction of sp³-hybridized carbons (Fsp3) is 0.556. The van der Waals surface area contributed by atoms with Gasteiger partial charge in [0.15, 0.2) is 12.4 Å². The molecule has 5 bridgehead atoms. The van der Waals surface area contributed by atoms with E-state index in [-0.39, 0.29) is 62.6 Å². The molecule has 0 saturated carbocycles. The number of fused-ring (bicyclic) bond motifs is 14. The van der Waals surface area contributed by atoms with Crippen molar-refractivity contribution in [3.05, 3.63) is 53.3 Å². The maximum absolute atomic E-state index is 14.5. The van der Waals surface area contributed by atoms with E-state index in [0.29, 0.717) is 0 Å². The van der Waals surface area contributed by atoms with Crippen LogP contribution in [-0.4, -0.2) is 105 Å². The van der Waals surface area contributed by atoms with Gasteiger partial charge >= 0.3 is 11.8 Å². The summed E-state index contributed by atoms with van der Waals surface area (Å²) in [5.74, 6) is -7.90. The molecule has 60 heavy (non-hydrogen) atoms. The van der Waals surface area contributed by atoms with Gasteiger partial charge in [-0.1, -0.05) is 45.9 Å². The molecule has 15 heteroatoms. The normalized spacial score (nSPS) is 33.4. The summed E-state index contributed by atoms with van der Waals surface area (Å²) in [6, 6.07) is 1.24. The van der Waals surface area contributed by atoms with Crippen molar-refractivity contribution >= 4 is 40.0 Å². The highest BCUT2D eigenvalue weighted by Gasteiger charge is 2.50. The standard InChI is InChI=1S/C45H60N2O13/c1-21-13-12-14-22(2)44(55)46-30-19-32(57-20-33(49)47-23(3)15-16-24(47)4)34-35(40(30)53)39(52)28(8)42-36(34)43(54)45(10,60-42)58-18-17-31(56-11)25(5)41(59-29(9)48)27(7)38(51)26(6)37(21)50/h12-14,17-19,21,23-27,31,37-38,41,50-53H,15-16,20H2,1-11H3,(H,46,55)/b13-12+,18-17+,22-14-. The van der Waals surface area contributed by atoms with Crippen molar-refractivity contribution < 1.29 is 63.3 Å². The number of hydrogen-bond donors (Lipinski definition) is 5. The van der Waals surface area contributed by atoms with Crippen LogP contribution >= 0.6 is 0 Å². The summed E-state index contributed by atoms with van der Waals surface area (Å²) >= 11 is 0. The number of hydrogen-bond acceptors (Lipinski definition) is 13. The molecule has 5 N–H and O–H groups in total. The Bertz CT molecular complexity index is 2080. The summed E-state index contributed by atoms with van der Waals surface area (Å²) in [6.07, 6.45) is 5.28. The quantitative estimate of drug-likeness (QED) is 0.178. The maximum Gasteiger partial charge on any atom is 0.312 e. The molecule has 2 amide bonds. The molecular formula is C45H60N2O13. The molecule has 1 fully saturated rings. The molecular weight excluding hydrogens is 776 g/mol. The van der Waals surface area contributed by atoms with E-state index in [1.807, 2.05) is 13.8 Å². The van der Waals surface area contributed by atoms with E-state index in [9.17, 15) is 39.6 Å². The first-order valence-corrected chi connectivity index (χ1v) is 20.4. The van der Waals surface area contributed by atoms with Gasteiger partial charge in [0, 0.05) is 79.3 Å². The van der Waals surface area contributed by atoms with Crippen molar-refractivity contribution in [2.75, 3.05) is 19.0 Å². The lowest BCUT2D eigenvalue weighted by Gasteiger charge is -2.38. The summed E-state index contributed by atoms with van der Waals surface area (Å²) in [7, 11) is 1.44. The minimum absolute atomic E-state index is 0.0242. The minimum Gasteiger partial charge on any atom is -0.507 e. The number of aliphatic hydroxyl groups excluding tert-OH is 2. The summed E-state index contributed by atoms with van der Waals surface area (Å²) in [5, 5.41) is 48.6. The zero-order valence-corrected chi connectivity index (χ0v) is 36.3. The van der Waals surface area contributed by atoms with Crippen LogP contribution in [0.15, 0.2) is 42.2 Å². The smallest absolute Gasteiger partial charge is 0.312 e. The number of carbonyl (C=O) groups excluding carboxylic acids is 4. The molecule has 0 spiro atoms. The molecule has 4 aliphatic heterocycles. The van der Waals surface area contributed by atoms with Gasteiger partial charge in [-0.25, -0.2) is 0 Å². The summed E-state index contributed by atoms with van der Waals surface area (Å²) in [6.45, 7) is 16.0. The number of nitrogens with zero attached hydrogens (tertiary/aromatic N) is 1. The third-order valence-electron chi connectivity index (χ3n) is 12.4. The molecule has 0 radical (unpaired) electrons. The first kappa shape index (κ1) is 46.0. The van der Waals surface area contributed by atoms with E-state index in [0.717, 1.165) is 12.8 Å². The predicted octanol–water partition coefficient (Wildman–Crippen LogP) is 5.83. The van der Waals surface area contributed by atoms with E-state index in [4.69, 9.17) is 23.7 Å². The zero-order valence-electron chi connectivity index (χ0n) is 36.3. The number of aromatic hydroxyl groups is 2. The van der Waals surface area contributed by atoms with Crippen molar-refractivity contribution in [3.63, 3.8) is 0 Å². The number of Topliss-reactive ketones (excluding diaryl/α,β-unsaturated/α-hetero) is 1. The number of methoxy groups -OCH3 is 1. The second kappa shape index (κ2) is 18.2. The number of amides is 2. The molecule has 0 aliphatic carbocycles. The second-order valence-electron chi connectivity index (χ2n) is 16.8. The lowest BCUT2D eigenvalue weighted by atomic mass is 9.78. The number of esters is 1. The second-order valence-corrected chi connectivity index (χ2v) is 16.8. The number of allylic oxidation sites excluding steroid dienone is 2. The highest BCUT2D eigenvalue weighted by molar-refractivity contribution is 6.21. The molecule has 15 nitrogen and oxygen atoms in total. The summed E-state index contributed by atoms with van der Waals surface area (Å²) < 4.78 is 29.9. The van der Waals surface area contributed by atoms with Gasteiger partial charge in [0.2, 0.25) is 0 Å². The van der Waals surface area contributed by atoms with Gasteiger partial charge in [-0.2, -0.15) is 0 Å². The zero-order chi connectivity index (χ0) is 44.5. The van der Waals surface area contributed by atoms with Gasteiger partial charge < -0.3 is 54.3 Å². The molecule has 6 rings (SSSR count). The Hall–Kier alpha value is -5.12. The van der Waals surface area contributed by atoms with Crippen LogP contribution in [0.4, 0.5) is 5.69 Å². The lowest BCUT2D eigenvalue weighted by Crippen LogP contribution is -2.46. The molecule has 4 heterocycles. The third-order valence-corrected chi connectivity index (χ3v) is 12.4. The maximum atomic E-state index is 14.5. The van der Waals surface area contributed by atoms with E-state index in [1.165, 1.54) is 59.3 Å². The number of phenolic OH excluding ortho intramolecular Hbond substituents is 2. The van der Waals surface area contributed by atoms with Crippen LogP contribution in [0.5, 0.6) is 23.0 Å². The lowest BCUT2D eigenvalue weighted by molar-refractivity contribution is -0.160. The van der Waals surface area contributed by atoms with E-state index in [1.54, 1.807) is 44.7 Å². The number of aliphatic hydroxyl groups is 2. The third kappa shape index (κ3) is 8.84. The van der Waals surface area contributed by atoms with Gasteiger partial charge in [-0.3, -0.25) is 19.2 Å². The SMILES string of the molecule is COC1/C=C/OC2(C)Oc3c(C)c(O)c4c(O)c(cc(OCC(=O)N5C(C)CCC5C)c4c3C2=O)NC(=O)/C(C)=C\C=C\C(C)C(O)C(C)C(O)C(C)C(OC(C)=O)C1C. The Morgan fingerprint density at radius 3 is 2.20 bits per heavy atom. The van der Waals surface area contributed by atoms with Crippen LogP contribution in [-0.2, 0) is 28.6 Å². The highest BCUT2D eigenvalue weighted by atomic mass is 16.7. The van der Waals surface area contributed by atoms with Gasteiger partial charge in [0.05, 0.1) is 41.2 Å². The van der Waals surface area contributed by atoms with Crippen LogP contribution < -0.4 is 14.8 Å². The van der Waals surface area contributed by atoms with Crippen LogP contribution in [0, 0.1) is 30.6 Å². The Kier molecular flexibility index (Phi) is 14.0. The number of anilines is 1. The van der Waals surface area contributed by atoms with Crippen LogP contribution in [0.2, 0.25) is 0 Å². The number of ether oxygens (including phenoxy) is 5. The predicted molar refractivity (Wildman–Crippen MR) is 223 cm³/mol. The van der Waals surface area contributed by atoms with Crippen molar-refractivity contribution in [2.24, 2.45) is 23.7 Å². The van der Waals surface area contributed by atoms with Gasteiger partial charge in [0.25, 0.3) is 17.6 Å². The molecule has 1 saturated heterocycles. The number of likely N-dealkylation sites (tertiary alicyclic amines) is 1. The summed E-state index contributed by atoms with van der Waals surface area (Å²) in [5.41, 5.74) is 0.0212. The molecule has 328 valence electrons. The van der Waals surface area contributed by atoms with E-state index < -0.39 is 89.6 Å². The monoisotopic (exact) mass is 836 g/mol. The number of benzene rings is 2.